The zero-order chi connectivity index (χ0) is 10.4. The topological polar surface area (TPSA) is 18.5 Å². The summed E-state index contributed by atoms with van der Waals surface area (Å²) >= 11 is 0. The lowest BCUT2D eigenvalue weighted by Crippen LogP contribution is -1.99. The maximum atomic E-state index is 11.8. The lowest BCUT2D eigenvalue weighted by atomic mass is 10.1. The van der Waals surface area contributed by atoms with E-state index in [2.05, 4.69) is 0 Å². The number of rotatable bonds is 5. The molecule has 0 radical (unpaired) electrons. The fourth-order valence-corrected chi connectivity index (χ4v) is 1.13. The number of ether oxygens (including phenoxy) is 2. The van der Waals surface area contributed by atoms with E-state index >= 15 is 0 Å². The van der Waals surface area contributed by atoms with Gasteiger partial charge in [-0.25, -0.2) is 4.39 Å². The first-order valence-corrected chi connectivity index (χ1v) is 4.59. The van der Waals surface area contributed by atoms with Crippen LogP contribution in [-0.2, 0) is 4.74 Å². The normalized spacial score (nSPS) is 12.5. The number of methoxy groups -OCH3 is 1. The molecular formula is C11H15FO2. The van der Waals surface area contributed by atoms with Gasteiger partial charge in [0.1, 0.15) is 19.0 Å². The van der Waals surface area contributed by atoms with Gasteiger partial charge >= 0.3 is 0 Å². The second-order valence-corrected chi connectivity index (χ2v) is 2.98. The Hall–Kier alpha value is -1.09. The highest BCUT2D eigenvalue weighted by molar-refractivity contribution is 5.28. The second-order valence-electron chi connectivity index (χ2n) is 2.98. The zero-order valence-corrected chi connectivity index (χ0v) is 8.50. The number of benzene rings is 1. The van der Waals surface area contributed by atoms with Crippen LogP contribution in [0.3, 0.4) is 0 Å². The first kappa shape index (κ1) is 11.0. The second kappa shape index (κ2) is 5.60. The molecule has 0 aliphatic carbocycles. The number of hydrogen-bond donors (Lipinski definition) is 0. The molecule has 1 unspecified atom stereocenters. The lowest BCUT2D eigenvalue weighted by molar-refractivity contribution is 0.119. The van der Waals surface area contributed by atoms with E-state index in [-0.39, 0.29) is 12.7 Å². The minimum Gasteiger partial charge on any atom is -0.491 e. The monoisotopic (exact) mass is 198 g/mol. The van der Waals surface area contributed by atoms with E-state index < -0.39 is 6.67 Å². The average Bonchev–Trinajstić information content (AvgIpc) is 2.26. The summed E-state index contributed by atoms with van der Waals surface area (Å²) < 4.78 is 22.1. The lowest BCUT2D eigenvalue weighted by Gasteiger charge is -2.10. The predicted octanol–water partition coefficient (Wildman–Crippen LogP) is 2.74. The standard InChI is InChI=1S/C11H15FO2/c1-9(13-2)10-3-5-11(6-4-10)14-8-7-12/h3-6,9H,7-8H2,1-2H3. The van der Waals surface area contributed by atoms with E-state index in [9.17, 15) is 4.39 Å². The molecule has 0 saturated carbocycles. The molecule has 1 aromatic carbocycles. The van der Waals surface area contributed by atoms with Gasteiger partial charge in [-0.1, -0.05) is 12.1 Å². The van der Waals surface area contributed by atoms with E-state index in [1.165, 1.54) is 0 Å². The molecule has 1 aromatic rings. The summed E-state index contributed by atoms with van der Waals surface area (Å²) in [5.41, 5.74) is 1.08. The molecule has 14 heavy (non-hydrogen) atoms. The molecule has 2 nitrogen and oxygen atoms in total. The Morgan fingerprint density at radius 2 is 1.93 bits per heavy atom. The molecule has 1 atom stereocenters. The molecule has 0 bridgehead atoms. The molecule has 78 valence electrons. The Morgan fingerprint density at radius 3 is 2.43 bits per heavy atom. The Labute approximate surface area is 83.6 Å². The highest BCUT2D eigenvalue weighted by atomic mass is 19.1. The van der Waals surface area contributed by atoms with Crippen LogP contribution in [0.2, 0.25) is 0 Å². The van der Waals surface area contributed by atoms with Crippen LogP contribution in [0, 0.1) is 0 Å². The van der Waals surface area contributed by atoms with Crippen LogP contribution in [0.5, 0.6) is 5.75 Å². The van der Waals surface area contributed by atoms with Crippen molar-refractivity contribution in [2.75, 3.05) is 20.4 Å². The largest absolute Gasteiger partial charge is 0.491 e. The highest BCUT2D eigenvalue weighted by Crippen LogP contribution is 2.19. The van der Waals surface area contributed by atoms with Crippen LogP contribution in [0.4, 0.5) is 4.39 Å². The number of halogens is 1. The molecule has 0 aliphatic heterocycles. The minimum absolute atomic E-state index is 0.0743. The third-order valence-electron chi connectivity index (χ3n) is 2.05. The van der Waals surface area contributed by atoms with Crippen molar-refractivity contribution in [3.63, 3.8) is 0 Å². The molecular weight excluding hydrogens is 183 g/mol. The molecule has 0 aliphatic rings. The van der Waals surface area contributed by atoms with Crippen LogP contribution in [0.1, 0.15) is 18.6 Å². The van der Waals surface area contributed by atoms with E-state index in [0.717, 1.165) is 5.56 Å². The average molecular weight is 198 g/mol. The molecule has 1 rings (SSSR count). The fraction of sp³-hybridized carbons (Fsp3) is 0.455. The summed E-state index contributed by atoms with van der Waals surface area (Å²) in [5, 5.41) is 0. The Kier molecular flexibility index (Phi) is 4.40. The molecule has 0 N–H and O–H groups in total. The van der Waals surface area contributed by atoms with Gasteiger partial charge in [0.25, 0.3) is 0 Å². The molecule has 0 aromatic heterocycles. The Balaban J connectivity index is 2.59. The van der Waals surface area contributed by atoms with Gasteiger partial charge in [-0.2, -0.15) is 0 Å². The van der Waals surface area contributed by atoms with E-state index in [4.69, 9.17) is 9.47 Å². The summed E-state index contributed by atoms with van der Waals surface area (Å²) in [5.74, 6) is 0.690. The van der Waals surface area contributed by atoms with Crippen molar-refractivity contribution in [3.05, 3.63) is 29.8 Å². The summed E-state index contributed by atoms with van der Waals surface area (Å²) in [6, 6.07) is 7.48. The van der Waals surface area contributed by atoms with Gasteiger partial charge in [0, 0.05) is 7.11 Å². The van der Waals surface area contributed by atoms with Crippen molar-refractivity contribution >= 4 is 0 Å². The predicted molar refractivity (Wildman–Crippen MR) is 53.3 cm³/mol. The molecule has 0 fully saturated rings. The number of hydrogen-bond acceptors (Lipinski definition) is 2. The van der Waals surface area contributed by atoms with Gasteiger partial charge in [-0.05, 0) is 24.6 Å². The number of alkyl halides is 1. The van der Waals surface area contributed by atoms with Crippen molar-refractivity contribution < 1.29 is 13.9 Å². The molecule has 0 amide bonds. The third kappa shape index (κ3) is 3.00. The van der Waals surface area contributed by atoms with Crippen molar-refractivity contribution in [3.8, 4) is 5.75 Å². The molecule has 0 saturated heterocycles. The molecule has 0 spiro atoms. The maximum absolute atomic E-state index is 11.8. The van der Waals surface area contributed by atoms with Crippen molar-refractivity contribution in [2.45, 2.75) is 13.0 Å². The fourth-order valence-electron chi connectivity index (χ4n) is 1.13. The SMILES string of the molecule is COC(C)c1ccc(OCCF)cc1. The van der Waals surface area contributed by atoms with Crippen LogP contribution < -0.4 is 4.74 Å². The Morgan fingerprint density at radius 1 is 1.29 bits per heavy atom. The summed E-state index contributed by atoms with van der Waals surface area (Å²) in [6.45, 7) is 1.62. The third-order valence-corrected chi connectivity index (χ3v) is 2.05. The summed E-state index contributed by atoms with van der Waals surface area (Å²) in [4.78, 5) is 0. The van der Waals surface area contributed by atoms with Crippen molar-refractivity contribution in [1.82, 2.24) is 0 Å². The van der Waals surface area contributed by atoms with E-state index in [1.807, 2.05) is 31.2 Å². The van der Waals surface area contributed by atoms with Gasteiger partial charge in [0.2, 0.25) is 0 Å². The van der Waals surface area contributed by atoms with Crippen LogP contribution >= 0.6 is 0 Å². The molecule has 3 heteroatoms. The quantitative estimate of drug-likeness (QED) is 0.724. The van der Waals surface area contributed by atoms with Gasteiger partial charge in [-0.3, -0.25) is 0 Å². The van der Waals surface area contributed by atoms with Crippen LogP contribution in [-0.4, -0.2) is 20.4 Å². The van der Waals surface area contributed by atoms with Crippen LogP contribution in [0.15, 0.2) is 24.3 Å². The van der Waals surface area contributed by atoms with Gasteiger partial charge < -0.3 is 9.47 Å². The Bertz CT molecular complexity index is 258. The zero-order valence-electron chi connectivity index (χ0n) is 8.50. The van der Waals surface area contributed by atoms with Gasteiger partial charge in [-0.15, -0.1) is 0 Å². The highest BCUT2D eigenvalue weighted by Gasteiger charge is 2.02. The van der Waals surface area contributed by atoms with E-state index in [0.29, 0.717) is 5.75 Å². The van der Waals surface area contributed by atoms with Gasteiger partial charge in [0.15, 0.2) is 0 Å². The maximum Gasteiger partial charge on any atom is 0.123 e. The first-order valence-electron chi connectivity index (χ1n) is 4.59. The van der Waals surface area contributed by atoms with Crippen LogP contribution in [0.25, 0.3) is 0 Å². The van der Waals surface area contributed by atoms with E-state index in [1.54, 1.807) is 7.11 Å². The minimum atomic E-state index is -0.462. The summed E-state index contributed by atoms with van der Waals surface area (Å²) in [6.07, 6.45) is 0.0743. The first-order chi connectivity index (χ1) is 6.77. The smallest absolute Gasteiger partial charge is 0.123 e. The molecule has 0 heterocycles. The van der Waals surface area contributed by atoms with Gasteiger partial charge in [0.05, 0.1) is 6.10 Å². The van der Waals surface area contributed by atoms with Crippen molar-refractivity contribution in [2.24, 2.45) is 0 Å². The van der Waals surface area contributed by atoms with Crippen molar-refractivity contribution in [1.29, 1.82) is 0 Å². The summed E-state index contributed by atoms with van der Waals surface area (Å²) in [7, 11) is 1.66.